The number of hydrogen-bond acceptors (Lipinski definition) is 8. The van der Waals surface area contributed by atoms with Gasteiger partial charge in [-0.15, -0.1) is 10.2 Å². The molecule has 2 aromatic heterocycles. The van der Waals surface area contributed by atoms with Gasteiger partial charge in [-0.1, -0.05) is 30.3 Å². The molecule has 2 N–H and O–H groups in total. The highest BCUT2D eigenvalue weighted by Crippen LogP contribution is 2.28. The fraction of sp³-hybridized carbons (Fsp3) is 0.240. The molecule has 4 aromatic rings. The highest BCUT2D eigenvalue weighted by molar-refractivity contribution is 5.95. The van der Waals surface area contributed by atoms with Crippen LogP contribution in [0, 0.1) is 0 Å². The second-order valence-corrected chi connectivity index (χ2v) is 8.50. The van der Waals surface area contributed by atoms with Gasteiger partial charge < -0.3 is 20.0 Å². The van der Waals surface area contributed by atoms with Gasteiger partial charge in [0.1, 0.15) is 0 Å². The summed E-state index contributed by atoms with van der Waals surface area (Å²) in [7, 11) is 4.10. The maximum Gasteiger partial charge on any atom is 0.270 e. The number of rotatable bonds is 5. The average Bonchev–Trinajstić information content (AvgIpc) is 3.55. The maximum atomic E-state index is 12.9. The van der Waals surface area contributed by atoms with Gasteiger partial charge in [-0.25, -0.2) is 9.97 Å². The van der Waals surface area contributed by atoms with E-state index in [1.807, 2.05) is 73.6 Å². The largest absolute Gasteiger partial charge is 0.414 e. The number of amides is 1. The first-order valence-corrected chi connectivity index (χ1v) is 11.1. The first kappa shape index (κ1) is 21.7. The summed E-state index contributed by atoms with van der Waals surface area (Å²) in [5, 5.41) is 8.21. The van der Waals surface area contributed by atoms with Crippen LogP contribution in [0.5, 0.6) is 0 Å². The average molecular weight is 460 g/mol. The molecule has 3 heterocycles. The highest BCUT2D eigenvalue weighted by Gasteiger charge is 2.28. The Hall–Kier alpha value is -4.11. The van der Waals surface area contributed by atoms with Crippen molar-refractivity contribution in [2.24, 2.45) is 0 Å². The standard InChI is InChI=1S/C25H25N7O2.2H2/c1-31(2)19-12-13-32(15-19)25(33)18-10-8-16(9-11-18)20-14-27-22(26)21(28-20)24-30-29-23(34-24)17-6-4-3-5-7-17;;/h3-11,14,19H,12-13,15H2,1-2H3,(H2,26,27);2*1H/t19-;;/m1../s1. The molecule has 34 heavy (non-hydrogen) atoms. The molecule has 1 aliphatic heterocycles. The Morgan fingerprint density at radius 1 is 1.06 bits per heavy atom. The van der Waals surface area contributed by atoms with E-state index in [-0.39, 0.29) is 20.5 Å². The van der Waals surface area contributed by atoms with Crippen LogP contribution in [0.1, 0.15) is 19.6 Å². The van der Waals surface area contributed by atoms with Crippen LogP contribution >= 0.6 is 0 Å². The van der Waals surface area contributed by atoms with Crippen molar-refractivity contribution in [3.8, 4) is 34.3 Å². The van der Waals surface area contributed by atoms with Gasteiger partial charge in [-0.2, -0.15) is 0 Å². The van der Waals surface area contributed by atoms with Crippen molar-refractivity contribution < 1.29 is 12.1 Å². The minimum Gasteiger partial charge on any atom is -0.414 e. The predicted molar refractivity (Wildman–Crippen MR) is 133 cm³/mol. The number of nitrogens with two attached hydrogens (primary N) is 1. The first-order chi connectivity index (χ1) is 16.5. The summed E-state index contributed by atoms with van der Waals surface area (Å²) in [6.07, 6.45) is 2.58. The third kappa shape index (κ3) is 4.25. The van der Waals surface area contributed by atoms with Crippen molar-refractivity contribution in [2.45, 2.75) is 12.5 Å². The summed E-state index contributed by atoms with van der Waals surface area (Å²) in [6.45, 7) is 1.51. The Labute approximate surface area is 200 Å². The van der Waals surface area contributed by atoms with Crippen LogP contribution in [0.25, 0.3) is 34.3 Å². The monoisotopic (exact) mass is 459 g/mol. The maximum absolute atomic E-state index is 12.9. The van der Waals surface area contributed by atoms with E-state index >= 15 is 0 Å². The number of nitrogen functional groups attached to an aromatic ring is 1. The van der Waals surface area contributed by atoms with Gasteiger partial charge in [0.05, 0.1) is 11.9 Å². The molecule has 0 unspecified atom stereocenters. The Kier molecular flexibility index (Phi) is 5.77. The number of carbonyl (C=O) groups is 1. The summed E-state index contributed by atoms with van der Waals surface area (Å²) in [5.74, 6) is 0.813. The third-order valence-corrected chi connectivity index (χ3v) is 6.06. The van der Waals surface area contributed by atoms with Gasteiger partial charge in [0.2, 0.25) is 5.89 Å². The molecule has 1 fully saturated rings. The lowest BCUT2D eigenvalue weighted by atomic mass is 10.1. The van der Waals surface area contributed by atoms with Gasteiger partial charge >= 0.3 is 0 Å². The van der Waals surface area contributed by atoms with Crippen LogP contribution in [0.2, 0.25) is 0 Å². The van der Waals surface area contributed by atoms with Gasteiger partial charge in [0.25, 0.3) is 11.8 Å². The molecule has 1 atom stereocenters. The first-order valence-electron chi connectivity index (χ1n) is 11.1. The molecule has 0 spiro atoms. The number of carbonyl (C=O) groups excluding carboxylic acids is 1. The van der Waals surface area contributed by atoms with Crippen molar-refractivity contribution >= 4 is 11.7 Å². The topological polar surface area (TPSA) is 114 Å². The minimum atomic E-state index is 0. The summed E-state index contributed by atoms with van der Waals surface area (Å²) in [5.41, 5.74) is 9.23. The number of nitrogens with zero attached hydrogens (tertiary/aromatic N) is 6. The second-order valence-electron chi connectivity index (χ2n) is 8.50. The minimum absolute atomic E-state index is 0. The number of anilines is 1. The van der Waals surface area contributed by atoms with Crippen molar-refractivity contribution in [1.82, 2.24) is 30.0 Å². The van der Waals surface area contributed by atoms with Crippen molar-refractivity contribution in [2.75, 3.05) is 32.9 Å². The molecule has 1 aliphatic rings. The SMILES string of the molecule is CN(C)[C@@H]1CCN(C(=O)c2ccc(-c3cnc(N)c(-c4nnc(-c5ccccc5)o4)n3)cc2)C1.[HH].[HH]. The van der Waals surface area contributed by atoms with Crippen molar-refractivity contribution in [3.05, 3.63) is 66.4 Å². The molecule has 0 radical (unpaired) electrons. The Morgan fingerprint density at radius 2 is 1.79 bits per heavy atom. The second kappa shape index (κ2) is 9.03. The molecule has 0 saturated carbocycles. The zero-order valence-corrected chi connectivity index (χ0v) is 19.0. The van der Waals surface area contributed by atoms with E-state index in [9.17, 15) is 4.79 Å². The van der Waals surface area contributed by atoms with E-state index in [2.05, 4.69) is 25.1 Å². The Bertz CT molecular complexity index is 1310. The molecule has 176 valence electrons. The number of hydrogen-bond donors (Lipinski definition) is 1. The molecule has 0 aliphatic carbocycles. The van der Waals surface area contributed by atoms with Crippen LogP contribution in [-0.4, -0.2) is 69.1 Å². The summed E-state index contributed by atoms with van der Waals surface area (Å²) in [4.78, 5) is 25.9. The van der Waals surface area contributed by atoms with Crippen molar-refractivity contribution in [3.63, 3.8) is 0 Å². The molecule has 9 nitrogen and oxygen atoms in total. The molecule has 2 aromatic carbocycles. The molecule has 0 bridgehead atoms. The highest BCUT2D eigenvalue weighted by atomic mass is 16.4. The predicted octanol–water partition coefficient (Wildman–Crippen LogP) is 3.71. The number of likely N-dealkylation sites (tertiary alicyclic amines) is 1. The lowest BCUT2D eigenvalue weighted by Gasteiger charge is -2.20. The molecule has 9 heteroatoms. The van der Waals surface area contributed by atoms with E-state index in [1.54, 1.807) is 6.20 Å². The summed E-state index contributed by atoms with van der Waals surface area (Å²) >= 11 is 0. The van der Waals surface area contributed by atoms with Crippen LogP contribution < -0.4 is 5.73 Å². The number of aromatic nitrogens is 4. The van der Waals surface area contributed by atoms with Crippen LogP contribution in [0.4, 0.5) is 5.82 Å². The number of likely N-dealkylation sites (N-methyl/N-ethyl adjacent to an activating group) is 1. The third-order valence-electron chi connectivity index (χ3n) is 6.06. The van der Waals surface area contributed by atoms with Crippen molar-refractivity contribution in [1.29, 1.82) is 0 Å². The molecule has 1 saturated heterocycles. The van der Waals surface area contributed by atoms with Gasteiger partial charge in [0.15, 0.2) is 11.5 Å². The summed E-state index contributed by atoms with van der Waals surface area (Å²) < 4.78 is 5.80. The quantitative estimate of drug-likeness (QED) is 0.480. The van der Waals surface area contributed by atoms with E-state index in [0.717, 1.165) is 30.6 Å². The molecular weight excluding hydrogens is 430 g/mol. The Balaban J connectivity index is 0.00000180. The van der Waals surface area contributed by atoms with E-state index in [1.165, 1.54) is 0 Å². The van der Waals surface area contributed by atoms with Gasteiger partial charge in [0, 0.05) is 38.7 Å². The van der Waals surface area contributed by atoms with Gasteiger partial charge in [-0.3, -0.25) is 4.79 Å². The number of benzene rings is 2. The molecule has 1 amide bonds. The van der Waals surface area contributed by atoms with E-state index in [0.29, 0.717) is 28.9 Å². The van der Waals surface area contributed by atoms with E-state index in [4.69, 9.17) is 10.2 Å². The fourth-order valence-corrected chi connectivity index (χ4v) is 4.03. The zero-order chi connectivity index (χ0) is 23.7. The Morgan fingerprint density at radius 3 is 2.50 bits per heavy atom. The van der Waals surface area contributed by atoms with Crippen LogP contribution in [-0.2, 0) is 0 Å². The fourth-order valence-electron chi connectivity index (χ4n) is 4.03. The zero-order valence-electron chi connectivity index (χ0n) is 19.0. The van der Waals surface area contributed by atoms with Crippen LogP contribution in [0.3, 0.4) is 0 Å². The molecular formula is C25H29N7O2. The van der Waals surface area contributed by atoms with Crippen LogP contribution in [0.15, 0.2) is 65.2 Å². The van der Waals surface area contributed by atoms with E-state index < -0.39 is 0 Å². The molecule has 5 rings (SSSR count). The lowest BCUT2D eigenvalue weighted by Crippen LogP contribution is -2.34. The smallest absolute Gasteiger partial charge is 0.270 e. The summed E-state index contributed by atoms with van der Waals surface area (Å²) in [6, 6.07) is 17.2. The lowest BCUT2D eigenvalue weighted by molar-refractivity contribution is 0.0783. The normalized spacial score (nSPS) is 15.7. The van der Waals surface area contributed by atoms with Gasteiger partial charge in [-0.05, 0) is 44.8 Å².